The summed E-state index contributed by atoms with van der Waals surface area (Å²) in [5, 5.41) is 26.3. The van der Waals surface area contributed by atoms with Crippen molar-refractivity contribution in [3.05, 3.63) is 53.6 Å². The molecule has 2 bridgehead atoms. The smallest absolute Gasteiger partial charge is 0.319 e. The van der Waals surface area contributed by atoms with Gasteiger partial charge >= 0.3 is 6.01 Å². The summed E-state index contributed by atoms with van der Waals surface area (Å²) in [7, 11) is 0. The first-order chi connectivity index (χ1) is 19.0. The molecule has 210 valence electrons. The van der Waals surface area contributed by atoms with Gasteiger partial charge in [0.25, 0.3) is 0 Å². The third-order valence-electron chi connectivity index (χ3n) is 8.36. The van der Waals surface area contributed by atoms with Crippen LogP contribution in [0.25, 0.3) is 32.8 Å². The summed E-state index contributed by atoms with van der Waals surface area (Å²) < 4.78 is 37.4. The molecule has 0 saturated carbocycles. The van der Waals surface area contributed by atoms with E-state index in [2.05, 4.69) is 15.2 Å². The summed E-state index contributed by atoms with van der Waals surface area (Å²) in [4.78, 5) is 11.4. The number of benzene rings is 3. The number of halogens is 2. The second kappa shape index (κ2) is 9.82. The van der Waals surface area contributed by atoms with Crippen LogP contribution in [0.15, 0.2) is 36.4 Å². The van der Waals surface area contributed by atoms with Crippen LogP contribution < -0.4 is 15.0 Å². The first kappa shape index (κ1) is 26.7. The maximum atomic E-state index is 16.6. The minimum atomic E-state index is -1.17. The number of hydrogen-bond acceptors (Lipinski definition) is 7. The van der Waals surface area contributed by atoms with Crippen molar-refractivity contribution in [3.63, 3.8) is 0 Å². The average molecular weight is 549 g/mol. The molecule has 0 amide bonds. The molecule has 3 atom stereocenters. The van der Waals surface area contributed by atoms with Gasteiger partial charge in [0.15, 0.2) is 5.82 Å². The van der Waals surface area contributed by atoms with Gasteiger partial charge in [0, 0.05) is 36.1 Å². The summed E-state index contributed by atoms with van der Waals surface area (Å²) in [6.45, 7) is 8.27. The van der Waals surface area contributed by atoms with E-state index >= 15 is 4.39 Å². The van der Waals surface area contributed by atoms with E-state index in [4.69, 9.17) is 9.72 Å². The van der Waals surface area contributed by atoms with Crippen molar-refractivity contribution < 1.29 is 23.7 Å². The van der Waals surface area contributed by atoms with Crippen LogP contribution in [0.5, 0.6) is 11.8 Å². The topological polar surface area (TPSA) is 90.7 Å². The highest BCUT2D eigenvalue weighted by atomic mass is 19.1. The van der Waals surface area contributed by atoms with Gasteiger partial charge in [-0.3, -0.25) is 0 Å². The van der Waals surface area contributed by atoms with Crippen molar-refractivity contribution in [1.82, 2.24) is 15.3 Å². The van der Waals surface area contributed by atoms with Crippen molar-refractivity contribution in [2.45, 2.75) is 70.7 Å². The first-order valence-electron chi connectivity index (χ1n) is 13.9. The fourth-order valence-corrected chi connectivity index (χ4v) is 5.96. The third kappa shape index (κ3) is 4.61. The zero-order valence-corrected chi connectivity index (χ0v) is 23.1. The molecule has 3 aromatic carbocycles. The zero-order valence-electron chi connectivity index (χ0n) is 23.1. The van der Waals surface area contributed by atoms with Crippen LogP contribution in [-0.4, -0.2) is 57.1 Å². The van der Waals surface area contributed by atoms with E-state index < -0.39 is 17.5 Å². The summed E-state index contributed by atoms with van der Waals surface area (Å²) >= 11 is 0. The summed E-state index contributed by atoms with van der Waals surface area (Å²) in [6.07, 6.45) is 1.89. The molecule has 6 rings (SSSR count). The lowest BCUT2D eigenvalue weighted by atomic mass is 9.92. The molecule has 40 heavy (non-hydrogen) atoms. The van der Waals surface area contributed by atoms with E-state index in [1.807, 2.05) is 6.92 Å². The van der Waals surface area contributed by atoms with Gasteiger partial charge in [-0.1, -0.05) is 19.1 Å². The van der Waals surface area contributed by atoms with E-state index in [0.29, 0.717) is 51.6 Å². The fourth-order valence-electron chi connectivity index (χ4n) is 5.96. The van der Waals surface area contributed by atoms with Crippen LogP contribution in [0.3, 0.4) is 0 Å². The average Bonchev–Trinajstić information content (AvgIpc) is 3.25. The van der Waals surface area contributed by atoms with E-state index in [0.717, 1.165) is 25.9 Å². The summed E-state index contributed by atoms with van der Waals surface area (Å²) in [5.41, 5.74) is -0.0700. The highest BCUT2D eigenvalue weighted by Crippen LogP contribution is 2.40. The molecular weight excluding hydrogens is 514 g/mol. The Bertz CT molecular complexity index is 1610. The molecule has 0 radical (unpaired) electrons. The number of hydrogen-bond donors (Lipinski definition) is 3. The number of nitrogens with zero attached hydrogens (tertiary/aromatic N) is 3. The van der Waals surface area contributed by atoms with Crippen LogP contribution in [0.1, 0.15) is 46.1 Å². The number of rotatable bonds is 6. The van der Waals surface area contributed by atoms with Crippen molar-refractivity contribution in [3.8, 4) is 22.9 Å². The first-order valence-corrected chi connectivity index (χ1v) is 13.9. The monoisotopic (exact) mass is 548 g/mol. The van der Waals surface area contributed by atoms with Crippen molar-refractivity contribution >= 4 is 27.5 Å². The van der Waals surface area contributed by atoms with Gasteiger partial charge in [-0.15, -0.1) is 0 Å². The molecule has 4 aromatic rings. The van der Waals surface area contributed by atoms with Crippen molar-refractivity contribution in [2.24, 2.45) is 0 Å². The van der Waals surface area contributed by atoms with Crippen LogP contribution in [0.4, 0.5) is 14.6 Å². The largest absolute Gasteiger partial charge is 0.508 e. The molecule has 7 nitrogen and oxygen atoms in total. The number of fused-ring (bicyclic) bond motifs is 4. The van der Waals surface area contributed by atoms with Crippen molar-refractivity contribution in [2.75, 3.05) is 18.0 Å². The van der Waals surface area contributed by atoms with Crippen LogP contribution >= 0.6 is 0 Å². The van der Waals surface area contributed by atoms with Crippen molar-refractivity contribution in [1.29, 1.82) is 0 Å². The Kier molecular flexibility index (Phi) is 6.54. The Morgan fingerprint density at radius 2 is 1.80 bits per heavy atom. The SMILES string of the molecule is CCc1c(F)ccc2cc(O)cc(-c3ccc4c(N5C[C@H]6CC[C@@H](C5)N6)nc(O[C@@H](C)C(C)(C)O)nc4c3F)c12. The Balaban J connectivity index is 1.57. The van der Waals surface area contributed by atoms with Gasteiger partial charge < -0.3 is 25.2 Å². The minimum absolute atomic E-state index is 0.0277. The predicted octanol–water partition coefficient (Wildman–Crippen LogP) is 5.48. The van der Waals surface area contributed by atoms with Gasteiger partial charge in [0.05, 0.1) is 5.60 Å². The standard InChI is InChI=1S/C31H34F2N4O3/c1-5-21-25(32)11-6-17-12-20(38)13-24(26(17)21)22-9-10-23-28(27(22)33)35-30(40-16(2)31(3,4)39)36-29(23)37-14-18-7-8-19(15-37)34-18/h6,9-13,16,18-19,34,38-39H,5,7-8,14-15H2,1-4H3/t16-,18-,19+/m0/s1. The van der Waals surface area contributed by atoms with Gasteiger partial charge in [-0.25, -0.2) is 8.78 Å². The second-order valence-corrected chi connectivity index (χ2v) is 11.6. The number of nitrogens with one attached hydrogen (secondary N) is 1. The molecule has 2 aliphatic rings. The third-order valence-corrected chi connectivity index (χ3v) is 8.36. The van der Waals surface area contributed by atoms with Crippen LogP contribution in [-0.2, 0) is 6.42 Å². The Labute approximate surface area is 231 Å². The quantitative estimate of drug-likeness (QED) is 0.294. The molecule has 2 aliphatic heterocycles. The molecular formula is C31H34F2N4O3. The number of aryl methyl sites for hydroxylation is 1. The molecule has 2 saturated heterocycles. The zero-order chi connectivity index (χ0) is 28.3. The summed E-state index contributed by atoms with van der Waals surface area (Å²) in [5.74, 6) is -0.457. The molecule has 0 aliphatic carbocycles. The number of aromatic hydroxyl groups is 1. The number of ether oxygens (including phenoxy) is 1. The van der Waals surface area contributed by atoms with E-state index in [-0.39, 0.29) is 28.7 Å². The van der Waals surface area contributed by atoms with E-state index in [1.165, 1.54) is 12.1 Å². The Morgan fingerprint density at radius 1 is 1.07 bits per heavy atom. The molecule has 3 N–H and O–H groups in total. The highest BCUT2D eigenvalue weighted by Gasteiger charge is 2.34. The predicted molar refractivity (Wildman–Crippen MR) is 152 cm³/mol. The van der Waals surface area contributed by atoms with Crippen LogP contribution in [0, 0.1) is 11.6 Å². The number of phenolic OH excluding ortho intramolecular Hbond substituents is 1. The van der Waals surface area contributed by atoms with E-state index in [9.17, 15) is 14.6 Å². The molecule has 0 unspecified atom stereocenters. The normalized spacial score (nSPS) is 19.9. The lowest BCUT2D eigenvalue weighted by Crippen LogP contribution is -2.51. The Hall–Kier alpha value is -3.56. The fraction of sp³-hybridized carbons (Fsp3) is 0.419. The maximum Gasteiger partial charge on any atom is 0.319 e. The molecule has 1 aromatic heterocycles. The number of phenols is 1. The van der Waals surface area contributed by atoms with Gasteiger partial charge in [-0.2, -0.15) is 9.97 Å². The second-order valence-electron chi connectivity index (χ2n) is 11.6. The minimum Gasteiger partial charge on any atom is -0.508 e. The highest BCUT2D eigenvalue weighted by molar-refractivity contribution is 6.03. The number of piperazine rings is 1. The van der Waals surface area contributed by atoms with Gasteiger partial charge in [0.1, 0.15) is 29.0 Å². The molecule has 3 heterocycles. The van der Waals surface area contributed by atoms with Crippen LogP contribution in [0.2, 0.25) is 0 Å². The lowest BCUT2D eigenvalue weighted by molar-refractivity contribution is -0.0278. The van der Waals surface area contributed by atoms with Gasteiger partial charge in [0.2, 0.25) is 0 Å². The number of aliphatic hydroxyl groups is 1. The van der Waals surface area contributed by atoms with Gasteiger partial charge in [-0.05, 0) is 86.2 Å². The number of aromatic nitrogens is 2. The summed E-state index contributed by atoms with van der Waals surface area (Å²) in [6, 6.07) is 10.1. The molecule has 2 fully saturated rings. The number of anilines is 1. The molecule has 0 spiro atoms. The maximum absolute atomic E-state index is 16.6. The van der Waals surface area contributed by atoms with E-state index in [1.54, 1.807) is 45.0 Å². The molecule has 9 heteroatoms. The Morgan fingerprint density at radius 3 is 2.48 bits per heavy atom. The lowest BCUT2D eigenvalue weighted by Gasteiger charge is -2.34.